The van der Waals surface area contributed by atoms with E-state index in [1.165, 1.54) is 28.4 Å². The number of likely N-dealkylation sites (tertiary alicyclic amines) is 1. The average Bonchev–Trinajstić information content (AvgIpc) is 3.79. The lowest BCUT2D eigenvalue weighted by atomic mass is 9.99. The molecule has 2 aromatic carbocycles. The third kappa shape index (κ3) is 5.16. The smallest absolute Gasteiger partial charge is 0.318 e. The number of aromatic nitrogens is 2. The van der Waals surface area contributed by atoms with E-state index in [1.807, 2.05) is 4.90 Å². The largest absolute Gasteiger partial charge is 0.462 e. The van der Waals surface area contributed by atoms with Crippen LogP contribution in [0.4, 0.5) is 11.5 Å². The van der Waals surface area contributed by atoms with E-state index in [0.29, 0.717) is 44.8 Å². The topological polar surface area (TPSA) is 107 Å². The van der Waals surface area contributed by atoms with Crippen molar-refractivity contribution in [2.75, 3.05) is 69.3 Å². The van der Waals surface area contributed by atoms with Crippen LogP contribution >= 0.6 is 0 Å². The molecular formula is C32H41N7O3. The highest BCUT2D eigenvalue weighted by Crippen LogP contribution is 2.36. The molecule has 3 fully saturated rings. The first-order chi connectivity index (χ1) is 20.5. The van der Waals surface area contributed by atoms with Crippen LogP contribution in [-0.2, 0) is 17.8 Å². The number of rotatable bonds is 7. The zero-order valence-corrected chi connectivity index (χ0v) is 24.6. The van der Waals surface area contributed by atoms with E-state index in [4.69, 9.17) is 14.7 Å². The van der Waals surface area contributed by atoms with Crippen LogP contribution in [0.2, 0.25) is 0 Å². The molecule has 0 unspecified atom stereocenters. The maximum absolute atomic E-state index is 12.9. The highest BCUT2D eigenvalue weighted by Gasteiger charge is 2.39. The normalized spacial score (nSPS) is 24.3. The number of carbonyl (C=O) groups excluding carboxylic acids is 1. The van der Waals surface area contributed by atoms with Crippen LogP contribution in [0.3, 0.4) is 0 Å². The number of aliphatic hydroxyl groups excluding tert-OH is 1. The Balaban J connectivity index is 1.20. The van der Waals surface area contributed by atoms with Crippen LogP contribution in [0.15, 0.2) is 36.4 Å². The molecule has 4 aliphatic heterocycles. The molecule has 1 amide bonds. The van der Waals surface area contributed by atoms with E-state index >= 15 is 0 Å². The molecule has 3 atom stereocenters. The second-order valence-corrected chi connectivity index (χ2v) is 12.2. The summed E-state index contributed by atoms with van der Waals surface area (Å²) in [4.78, 5) is 31.7. The van der Waals surface area contributed by atoms with Crippen molar-refractivity contribution in [1.29, 1.82) is 0 Å². The number of hydrogen-bond donors (Lipinski definition) is 2. The lowest BCUT2D eigenvalue weighted by Gasteiger charge is -2.42. The predicted molar refractivity (Wildman–Crippen MR) is 163 cm³/mol. The molecular weight excluding hydrogens is 530 g/mol. The summed E-state index contributed by atoms with van der Waals surface area (Å²) in [5.74, 6) is 0.975. The molecule has 1 aromatic heterocycles. The molecule has 0 spiro atoms. The Hall–Kier alpha value is -3.47. The van der Waals surface area contributed by atoms with Crippen molar-refractivity contribution in [3.8, 4) is 6.01 Å². The van der Waals surface area contributed by atoms with Gasteiger partial charge in [0.05, 0.1) is 30.9 Å². The minimum absolute atomic E-state index is 0.0756. The minimum atomic E-state index is -0.269. The van der Waals surface area contributed by atoms with Crippen molar-refractivity contribution in [3.63, 3.8) is 0 Å². The summed E-state index contributed by atoms with van der Waals surface area (Å²) in [6.45, 7) is 7.77. The van der Waals surface area contributed by atoms with Gasteiger partial charge in [0.25, 0.3) is 0 Å². The monoisotopic (exact) mass is 571 g/mol. The maximum Gasteiger partial charge on any atom is 0.318 e. The Bertz CT molecular complexity index is 1470. The van der Waals surface area contributed by atoms with Crippen LogP contribution in [0.5, 0.6) is 6.01 Å². The van der Waals surface area contributed by atoms with E-state index in [0.717, 1.165) is 49.6 Å². The van der Waals surface area contributed by atoms with Crippen molar-refractivity contribution in [1.82, 2.24) is 25.1 Å². The molecule has 0 aliphatic carbocycles. The molecule has 10 nitrogen and oxygen atoms in total. The molecule has 222 valence electrons. The minimum Gasteiger partial charge on any atom is -0.462 e. The van der Waals surface area contributed by atoms with Gasteiger partial charge < -0.3 is 34.8 Å². The summed E-state index contributed by atoms with van der Waals surface area (Å²) >= 11 is 0. The Kier molecular flexibility index (Phi) is 7.37. The van der Waals surface area contributed by atoms with Crippen molar-refractivity contribution in [2.45, 2.75) is 50.9 Å². The summed E-state index contributed by atoms with van der Waals surface area (Å²) in [6.07, 6.45) is 3.11. The third-order valence-electron chi connectivity index (χ3n) is 9.51. The van der Waals surface area contributed by atoms with Gasteiger partial charge in [-0.15, -0.1) is 0 Å². The number of ether oxygens (including phenoxy) is 1. The second-order valence-electron chi connectivity index (χ2n) is 12.2. The Morgan fingerprint density at radius 1 is 1.07 bits per heavy atom. The fraction of sp³-hybridized carbons (Fsp3) is 0.531. The Morgan fingerprint density at radius 2 is 1.90 bits per heavy atom. The van der Waals surface area contributed by atoms with Gasteiger partial charge in [0.15, 0.2) is 0 Å². The SMILES string of the molecule is Cc1cccc2cccc(N3CCc4c(nc(OC[C@@H]5CCCN5C)nc4N4CCN(C(=O)[C@@H]5CN5)[C@@H](CO)C4)C3)c12. The molecule has 5 heterocycles. The first-order valence-electron chi connectivity index (χ1n) is 15.4. The van der Waals surface area contributed by atoms with Crippen LogP contribution in [-0.4, -0.2) is 108 Å². The van der Waals surface area contributed by atoms with E-state index in [1.54, 1.807) is 0 Å². The summed E-state index contributed by atoms with van der Waals surface area (Å²) in [7, 11) is 2.15. The number of anilines is 2. The zero-order chi connectivity index (χ0) is 28.8. The fourth-order valence-corrected chi connectivity index (χ4v) is 6.98. The van der Waals surface area contributed by atoms with Gasteiger partial charge in [-0.1, -0.05) is 30.3 Å². The summed E-state index contributed by atoms with van der Waals surface area (Å²) < 4.78 is 6.31. The quantitative estimate of drug-likeness (QED) is 0.412. The number of carbonyl (C=O) groups is 1. The number of hydrogen-bond acceptors (Lipinski definition) is 9. The van der Waals surface area contributed by atoms with Gasteiger partial charge in [-0.05, 0) is 56.8 Å². The molecule has 0 bridgehead atoms. The van der Waals surface area contributed by atoms with Gasteiger partial charge in [0, 0.05) is 55.4 Å². The molecule has 7 rings (SSSR count). The van der Waals surface area contributed by atoms with E-state index < -0.39 is 0 Å². The Labute approximate surface area is 247 Å². The fourth-order valence-electron chi connectivity index (χ4n) is 6.98. The molecule has 3 aromatic rings. The molecule has 3 saturated heterocycles. The Morgan fingerprint density at radius 3 is 2.67 bits per heavy atom. The van der Waals surface area contributed by atoms with Crippen LogP contribution in [0, 0.1) is 6.92 Å². The van der Waals surface area contributed by atoms with Crippen molar-refractivity contribution >= 4 is 28.2 Å². The lowest BCUT2D eigenvalue weighted by Crippen LogP contribution is -2.58. The molecule has 4 aliphatic rings. The summed E-state index contributed by atoms with van der Waals surface area (Å²) in [5, 5.41) is 15.9. The van der Waals surface area contributed by atoms with Gasteiger partial charge in [0.2, 0.25) is 5.91 Å². The van der Waals surface area contributed by atoms with Crippen LogP contribution in [0.25, 0.3) is 10.8 Å². The lowest BCUT2D eigenvalue weighted by molar-refractivity contribution is -0.134. The van der Waals surface area contributed by atoms with Crippen molar-refractivity contribution in [3.05, 3.63) is 53.2 Å². The van der Waals surface area contributed by atoms with E-state index in [-0.39, 0.29) is 24.6 Å². The number of piperazine rings is 1. The number of nitrogens with one attached hydrogen (secondary N) is 1. The second kappa shape index (κ2) is 11.3. The first kappa shape index (κ1) is 27.4. The van der Waals surface area contributed by atoms with Crippen molar-refractivity contribution < 1.29 is 14.6 Å². The predicted octanol–water partition coefficient (Wildman–Crippen LogP) is 1.96. The summed E-state index contributed by atoms with van der Waals surface area (Å²) in [6, 6.07) is 13.4. The van der Waals surface area contributed by atoms with Crippen LogP contribution in [0.1, 0.15) is 29.7 Å². The summed E-state index contributed by atoms with van der Waals surface area (Å²) in [5.41, 5.74) is 4.64. The first-order valence-corrected chi connectivity index (χ1v) is 15.4. The van der Waals surface area contributed by atoms with Gasteiger partial charge >= 0.3 is 6.01 Å². The standard InChI is InChI=1S/C32H41N7O3/c1-21-6-3-7-22-8-4-10-28(29(21)22)37-13-11-25-27(18-37)34-32(42-20-23-9-5-12-36(23)2)35-30(25)38-14-15-39(24(17-38)19-40)31(41)26-16-33-26/h3-4,6-8,10,23-24,26,33,40H,5,9,11-20H2,1-2H3/t23-,24+,26-/m0/s1. The number of likely N-dealkylation sites (N-methyl/N-ethyl adjacent to an activating group) is 1. The molecule has 0 saturated carbocycles. The highest BCUT2D eigenvalue weighted by molar-refractivity contribution is 5.97. The van der Waals surface area contributed by atoms with Crippen LogP contribution < -0.4 is 19.9 Å². The molecule has 2 N–H and O–H groups in total. The van der Waals surface area contributed by atoms with Gasteiger partial charge in [-0.3, -0.25) is 4.79 Å². The number of fused-ring (bicyclic) bond motifs is 2. The van der Waals surface area contributed by atoms with Gasteiger partial charge in [0.1, 0.15) is 12.4 Å². The molecule has 0 radical (unpaired) electrons. The van der Waals surface area contributed by atoms with E-state index in [9.17, 15) is 9.90 Å². The zero-order valence-electron chi connectivity index (χ0n) is 24.6. The van der Waals surface area contributed by atoms with Crippen molar-refractivity contribution in [2.24, 2.45) is 0 Å². The third-order valence-corrected chi connectivity index (χ3v) is 9.51. The number of aryl methyl sites for hydroxylation is 1. The van der Waals surface area contributed by atoms with E-state index in [2.05, 4.69) is 70.4 Å². The average molecular weight is 572 g/mol. The molecule has 10 heteroatoms. The molecule has 42 heavy (non-hydrogen) atoms. The number of benzene rings is 2. The van der Waals surface area contributed by atoms with Gasteiger partial charge in [-0.25, -0.2) is 0 Å². The number of amides is 1. The highest BCUT2D eigenvalue weighted by atomic mass is 16.5. The number of nitrogens with zero attached hydrogens (tertiary/aromatic N) is 6. The maximum atomic E-state index is 12.9. The number of aliphatic hydroxyl groups is 1. The van der Waals surface area contributed by atoms with Gasteiger partial charge in [-0.2, -0.15) is 9.97 Å².